The summed E-state index contributed by atoms with van der Waals surface area (Å²) >= 11 is 6.92. The van der Waals surface area contributed by atoms with Crippen LogP contribution in [-0.4, -0.2) is 30.0 Å². The number of ether oxygens (including phenoxy) is 2. The molecule has 3 atom stereocenters. The maximum Gasteiger partial charge on any atom is 0.148 e. The quantitative estimate of drug-likeness (QED) is 0.850. The molecule has 3 nitrogen and oxygen atoms in total. The first-order valence-electron chi connectivity index (χ1n) is 6.03. The minimum atomic E-state index is -0.414. The Morgan fingerprint density at radius 3 is 2.56 bits per heavy atom. The van der Waals surface area contributed by atoms with Crippen molar-refractivity contribution < 1.29 is 14.6 Å². The number of hydrogen-bond donors (Lipinski definition) is 1. The van der Waals surface area contributed by atoms with Crippen LogP contribution in [0.25, 0.3) is 0 Å². The molecule has 1 aliphatic rings. The number of halogens is 2. The molecule has 0 aromatic heterocycles. The minimum absolute atomic E-state index is 0.0819. The van der Waals surface area contributed by atoms with E-state index in [1.54, 1.807) is 0 Å². The molecule has 1 aromatic rings. The molecule has 2 rings (SSSR count). The van der Waals surface area contributed by atoms with Gasteiger partial charge in [0.25, 0.3) is 0 Å². The zero-order valence-electron chi connectivity index (χ0n) is 10.1. The van der Waals surface area contributed by atoms with Crippen molar-refractivity contribution in [2.75, 3.05) is 6.61 Å². The van der Waals surface area contributed by atoms with Crippen molar-refractivity contribution in [1.82, 2.24) is 0 Å². The monoisotopic (exact) mass is 378 g/mol. The van der Waals surface area contributed by atoms with Crippen LogP contribution in [-0.2, 0) is 4.74 Å². The first kappa shape index (κ1) is 14.3. The maximum atomic E-state index is 9.69. The van der Waals surface area contributed by atoms with Crippen molar-refractivity contribution >= 4 is 31.9 Å². The van der Waals surface area contributed by atoms with Gasteiger partial charge in [-0.05, 0) is 50.4 Å². The minimum Gasteiger partial charge on any atom is -0.485 e. The van der Waals surface area contributed by atoms with Crippen LogP contribution in [0.4, 0.5) is 0 Å². The van der Waals surface area contributed by atoms with Crippen LogP contribution in [0.2, 0.25) is 0 Å². The van der Waals surface area contributed by atoms with Gasteiger partial charge in [-0.15, -0.1) is 0 Å². The Bertz CT molecular complexity index is 391. The van der Waals surface area contributed by atoms with Gasteiger partial charge in [0.05, 0.1) is 15.0 Å². The Kier molecular flexibility index (Phi) is 5.06. The fourth-order valence-electron chi connectivity index (χ4n) is 1.89. The Morgan fingerprint density at radius 1 is 1.33 bits per heavy atom. The smallest absolute Gasteiger partial charge is 0.148 e. The second kappa shape index (κ2) is 6.37. The SMILES string of the molecule is CCCOC1C(O)CC1Oc1c(Br)cccc1Br. The highest BCUT2D eigenvalue weighted by Gasteiger charge is 2.43. The molecule has 100 valence electrons. The van der Waals surface area contributed by atoms with E-state index in [-0.39, 0.29) is 12.2 Å². The van der Waals surface area contributed by atoms with Gasteiger partial charge in [0.15, 0.2) is 0 Å². The van der Waals surface area contributed by atoms with Crippen LogP contribution < -0.4 is 4.74 Å². The molecule has 0 spiro atoms. The molecule has 1 fully saturated rings. The van der Waals surface area contributed by atoms with Crippen molar-refractivity contribution in [3.05, 3.63) is 27.1 Å². The summed E-state index contributed by atoms with van der Waals surface area (Å²) < 4.78 is 13.3. The van der Waals surface area contributed by atoms with E-state index < -0.39 is 6.10 Å². The van der Waals surface area contributed by atoms with E-state index in [9.17, 15) is 5.11 Å². The molecule has 1 aromatic carbocycles. The van der Waals surface area contributed by atoms with Gasteiger partial charge in [-0.2, -0.15) is 0 Å². The van der Waals surface area contributed by atoms with E-state index >= 15 is 0 Å². The summed E-state index contributed by atoms with van der Waals surface area (Å²) in [5.74, 6) is 0.763. The molecule has 5 heteroatoms. The maximum absolute atomic E-state index is 9.69. The van der Waals surface area contributed by atoms with E-state index in [1.807, 2.05) is 25.1 Å². The molecule has 0 heterocycles. The third kappa shape index (κ3) is 3.07. The predicted molar refractivity (Wildman–Crippen MR) is 76.9 cm³/mol. The van der Waals surface area contributed by atoms with E-state index in [0.717, 1.165) is 21.1 Å². The van der Waals surface area contributed by atoms with Gasteiger partial charge in [-0.3, -0.25) is 0 Å². The Hall–Kier alpha value is -0.100. The van der Waals surface area contributed by atoms with Crippen LogP contribution in [0.5, 0.6) is 5.75 Å². The molecule has 0 saturated heterocycles. The summed E-state index contributed by atoms with van der Waals surface area (Å²) in [5, 5.41) is 9.69. The topological polar surface area (TPSA) is 38.7 Å². The van der Waals surface area contributed by atoms with Crippen LogP contribution in [0, 0.1) is 0 Å². The molecule has 1 N–H and O–H groups in total. The summed E-state index contributed by atoms with van der Waals surface area (Å²) in [6.45, 7) is 2.70. The van der Waals surface area contributed by atoms with Gasteiger partial charge in [-0.1, -0.05) is 13.0 Å². The highest BCUT2D eigenvalue weighted by molar-refractivity contribution is 9.11. The van der Waals surface area contributed by atoms with Gasteiger partial charge in [-0.25, -0.2) is 0 Å². The number of benzene rings is 1. The summed E-state index contributed by atoms with van der Waals surface area (Å²) in [5.41, 5.74) is 0. The average Bonchev–Trinajstić information content (AvgIpc) is 2.33. The largest absolute Gasteiger partial charge is 0.485 e. The van der Waals surface area contributed by atoms with Crippen LogP contribution in [0.15, 0.2) is 27.1 Å². The van der Waals surface area contributed by atoms with Crippen LogP contribution in [0.3, 0.4) is 0 Å². The average molecular weight is 380 g/mol. The molecular weight excluding hydrogens is 364 g/mol. The molecule has 3 unspecified atom stereocenters. The molecule has 0 radical (unpaired) electrons. The van der Waals surface area contributed by atoms with E-state index in [0.29, 0.717) is 13.0 Å². The molecule has 0 bridgehead atoms. The number of aliphatic hydroxyl groups is 1. The summed E-state index contributed by atoms with van der Waals surface area (Å²) in [6.07, 6.45) is 0.838. The fourth-order valence-corrected chi connectivity index (χ4v) is 3.08. The zero-order chi connectivity index (χ0) is 13.1. The van der Waals surface area contributed by atoms with Gasteiger partial charge in [0, 0.05) is 13.0 Å². The Balaban J connectivity index is 2.01. The molecule has 0 aliphatic heterocycles. The highest BCUT2D eigenvalue weighted by Crippen LogP contribution is 2.37. The molecular formula is C13H16Br2O3. The van der Waals surface area contributed by atoms with Gasteiger partial charge in [0.1, 0.15) is 18.0 Å². The van der Waals surface area contributed by atoms with E-state index in [2.05, 4.69) is 31.9 Å². The van der Waals surface area contributed by atoms with Gasteiger partial charge < -0.3 is 14.6 Å². The number of hydrogen-bond acceptors (Lipinski definition) is 3. The third-order valence-corrected chi connectivity index (χ3v) is 4.17. The molecule has 1 aliphatic carbocycles. The normalized spacial score (nSPS) is 26.8. The third-order valence-electron chi connectivity index (χ3n) is 2.92. The lowest BCUT2D eigenvalue weighted by Gasteiger charge is -2.41. The van der Waals surface area contributed by atoms with Crippen molar-refractivity contribution in [2.45, 2.75) is 38.1 Å². The first-order chi connectivity index (χ1) is 8.63. The summed E-state index contributed by atoms with van der Waals surface area (Å²) in [6, 6.07) is 5.79. The van der Waals surface area contributed by atoms with Crippen molar-refractivity contribution in [3.8, 4) is 5.75 Å². The number of para-hydroxylation sites is 1. The molecule has 0 amide bonds. The standard InChI is InChI=1S/C13H16Br2O3/c1-2-6-17-13-10(16)7-11(13)18-12-8(14)4-3-5-9(12)15/h3-5,10-11,13,16H,2,6-7H2,1H3. The van der Waals surface area contributed by atoms with Gasteiger partial charge >= 0.3 is 0 Å². The summed E-state index contributed by atoms with van der Waals surface area (Å²) in [4.78, 5) is 0. The van der Waals surface area contributed by atoms with Crippen LogP contribution in [0.1, 0.15) is 19.8 Å². The zero-order valence-corrected chi connectivity index (χ0v) is 13.3. The lowest BCUT2D eigenvalue weighted by molar-refractivity contribution is -0.162. The number of rotatable bonds is 5. The highest BCUT2D eigenvalue weighted by atomic mass is 79.9. The Morgan fingerprint density at radius 2 is 2.00 bits per heavy atom. The second-order valence-electron chi connectivity index (χ2n) is 4.35. The number of aliphatic hydroxyl groups excluding tert-OH is 1. The second-order valence-corrected chi connectivity index (χ2v) is 6.05. The lowest BCUT2D eigenvalue weighted by atomic mass is 9.88. The Labute approximate surface area is 124 Å². The van der Waals surface area contributed by atoms with E-state index in [1.165, 1.54) is 0 Å². The lowest BCUT2D eigenvalue weighted by Crippen LogP contribution is -2.55. The predicted octanol–water partition coefficient (Wildman–Crippen LogP) is 3.52. The van der Waals surface area contributed by atoms with Crippen molar-refractivity contribution in [1.29, 1.82) is 0 Å². The molecule has 18 heavy (non-hydrogen) atoms. The fraction of sp³-hybridized carbons (Fsp3) is 0.538. The van der Waals surface area contributed by atoms with E-state index in [4.69, 9.17) is 9.47 Å². The van der Waals surface area contributed by atoms with Gasteiger partial charge in [0.2, 0.25) is 0 Å². The summed E-state index contributed by atoms with van der Waals surface area (Å²) in [7, 11) is 0. The van der Waals surface area contributed by atoms with Crippen molar-refractivity contribution in [3.63, 3.8) is 0 Å². The molecule has 1 saturated carbocycles. The van der Waals surface area contributed by atoms with Crippen LogP contribution >= 0.6 is 31.9 Å². The first-order valence-corrected chi connectivity index (χ1v) is 7.62. The van der Waals surface area contributed by atoms with Crippen molar-refractivity contribution in [2.24, 2.45) is 0 Å².